The Kier molecular flexibility index (Phi) is 4.46. The summed E-state index contributed by atoms with van der Waals surface area (Å²) < 4.78 is 5.14. The summed E-state index contributed by atoms with van der Waals surface area (Å²) in [6.45, 7) is 4.25. The van der Waals surface area contributed by atoms with Gasteiger partial charge in [0.25, 0.3) is 5.89 Å². The molecule has 0 spiro atoms. The van der Waals surface area contributed by atoms with E-state index in [4.69, 9.17) is 4.52 Å². The monoisotopic (exact) mass is 262 g/mol. The molecule has 0 aliphatic carbocycles. The second-order valence-corrected chi connectivity index (χ2v) is 4.37. The highest BCUT2D eigenvalue weighted by Crippen LogP contribution is 2.24. The molecule has 0 aliphatic rings. The van der Waals surface area contributed by atoms with Crippen LogP contribution >= 0.6 is 0 Å². The molecule has 1 atom stereocenters. The minimum absolute atomic E-state index is 0.385. The summed E-state index contributed by atoms with van der Waals surface area (Å²) in [4.78, 5) is 8.43. The van der Waals surface area contributed by atoms with Gasteiger partial charge in [-0.3, -0.25) is 0 Å². The molecule has 0 radical (unpaired) electrons. The topological polar surface area (TPSA) is 84.1 Å². The number of pyridine rings is 1. The van der Waals surface area contributed by atoms with Crippen LogP contribution in [0.5, 0.6) is 0 Å². The zero-order valence-electron chi connectivity index (χ0n) is 11.1. The molecule has 0 bridgehead atoms. The summed E-state index contributed by atoms with van der Waals surface area (Å²) in [6, 6.07) is 3.66. The van der Waals surface area contributed by atoms with Crippen LogP contribution < -0.4 is 5.32 Å². The fourth-order valence-corrected chi connectivity index (χ4v) is 1.77. The second kappa shape index (κ2) is 6.29. The van der Waals surface area contributed by atoms with E-state index in [0.29, 0.717) is 24.1 Å². The Morgan fingerprint density at radius 1 is 1.47 bits per heavy atom. The molecule has 2 aromatic heterocycles. The SMILES string of the molecule is CCCC(O)CNc1ncccc1-c1nc(C)no1. The Balaban J connectivity index is 2.13. The number of aliphatic hydroxyl groups excluding tert-OH is 1. The Labute approximate surface area is 111 Å². The average molecular weight is 262 g/mol. The van der Waals surface area contributed by atoms with Crippen molar-refractivity contribution in [1.82, 2.24) is 15.1 Å². The number of aryl methyl sites for hydroxylation is 1. The van der Waals surface area contributed by atoms with E-state index in [1.165, 1.54) is 0 Å². The first-order valence-corrected chi connectivity index (χ1v) is 6.38. The van der Waals surface area contributed by atoms with Gasteiger partial charge in [0.05, 0.1) is 11.7 Å². The summed E-state index contributed by atoms with van der Waals surface area (Å²) in [5.74, 6) is 1.65. The van der Waals surface area contributed by atoms with E-state index in [9.17, 15) is 5.11 Å². The number of rotatable bonds is 6. The highest BCUT2D eigenvalue weighted by atomic mass is 16.5. The summed E-state index contributed by atoms with van der Waals surface area (Å²) in [7, 11) is 0. The van der Waals surface area contributed by atoms with Crippen LogP contribution in [0.4, 0.5) is 5.82 Å². The molecule has 19 heavy (non-hydrogen) atoms. The molecule has 2 rings (SSSR count). The van der Waals surface area contributed by atoms with Crippen molar-refractivity contribution >= 4 is 5.82 Å². The number of hydrogen-bond donors (Lipinski definition) is 2. The lowest BCUT2D eigenvalue weighted by molar-refractivity contribution is 0.176. The van der Waals surface area contributed by atoms with Gasteiger partial charge in [-0.1, -0.05) is 18.5 Å². The zero-order valence-corrected chi connectivity index (χ0v) is 11.1. The van der Waals surface area contributed by atoms with Crippen molar-refractivity contribution in [2.24, 2.45) is 0 Å². The van der Waals surface area contributed by atoms with E-state index in [0.717, 1.165) is 18.4 Å². The second-order valence-electron chi connectivity index (χ2n) is 4.37. The normalized spacial score (nSPS) is 12.4. The van der Waals surface area contributed by atoms with Crippen LogP contribution in [0.2, 0.25) is 0 Å². The number of hydrogen-bond acceptors (Lipinski definition) is 6. The zero-order chi connectivity index (χ0) is 13.7. The summed E-state index contributed by atoms with van der Waals surface area (Å²) in [5, 5.41) is 16.6. The van der Waals surface area contributed by atoms with Gasteiger partial charge in [-0.05, 0) is 25.5 Å². The van der Waals surface area contributed by atoms with Gasteiger partial charge in [-0.25, -0.2) is 4.98 Å². The third-order valence-corrected chi connectivity index (χ3v) is 2.69. The van der Waals surface area contributed by atoms with Gasteiger partial charge in [0.1, 0.15) is 5.82 Å². The maximum atomic E-state index is 9.73. The number of aromatic nitrogens is 3. The van der Waals surface area contributed by atoms with Gasteiger partial charge in [-0.2, -0.15) is 4.98 Å². The molecular formula is C13H18N4O2. The average Bonchev–Trinajstić information content (AvgIpc) is 2.84. The molecule has 0 saturated heterocycles. The minimum Gasteiger partial charge on any atom is -0.391 e. The van der Waals surface area contributed by atoms with E-state index in [1.807, 2.05) is 19.1 Å². The molecule has 2 aromatic rings. The Hall–Kier alpha value is -1.95. The van der Waals surface area contributed by atoms with Crippen LogP contribution in [0, 0.1) is 6.92 Å². The Bertz CT molecular complexity index is 527. The maximum Gasteiger partial charge on any atom is 0.261 e. The predicted octanol–water partition coefficient (Wildman–Crippen LogP) is 2.01. The van der Waals surface area contributed by atoms with Gasteiger partial charge >= 0.3 is 0 Å². The quantitative estimate of drug-likeness (QED) is 0.828. The van der Waals surface area contributed by atoms with Gasteiger partial charge in [0.2, 0.25) is 0 Å². The Morgan fingerprint density at radius 2 is 2.32 bits per heavy atom. The molecular weight excluding hydrogens is 244 g/mol. The highest BCUT2D eigenvalue weighted by molar-refractivity contribution is 5.68. The van der Waals surface area contributed by atoms with E-state index in [-0.39, 0.29) is 6.10 Å². The van der Waals surface area contributed by atoms with Crippen LogP contribution in [0.1, 0.15) is 25.6 Å². The summed E-state index contributed by atoms with van der Waals surface area (Å²) in [5.41, 5.74) is 0.742. The first kappa shape index (κ1) is 13.5. The first-order valence-electron chi connectivity index (χ1n) is 6.38. The lowest BCUT2D eigenvalue weighted by Gasteiger charge is -2.12. The van der Waals surface area contributed by atoms with Crippen LogP contribution in [0.3, 0.4) is 0 Å². The number of aliphatic hydroxyl groups is 1. The molecule has 6 nitrogen and oxygen atoms in total. The highest BCUT2D eigenvalue weighted by Gasteiger charge is 2.13. The van der Waals surface area contributed by atoms with Crippen molar-refractivity contribution in [3.63, 3.8) is 0 Å². The fraction of sp³-hybridized carbons (Fsp3) is 0.462. The van der Waals surface area contributed by atoms with Gasteiger partial charge in [-0.15, -0.1) is 0 Å². The molecule has 1 unspecified atom stereocenters. The largest absolute Gasteiger partial charge is 0.391 e. The van der Waals surface area contributed by atoms with Crippen molar-refractivity contribution in [1.29, 1.82) is 0 Å². The van der Waals surface area contributed by atoms with Crippen LogP contribution in [0.25, 0.3) is 11.5 Å². The maximum absolute atomic E-state index is 9.73. The van der Waals surface area contributed by atoms with Crippen LogP contribution in [-0.2, 0) is 0 Å². The van der Waals surface area contributed by atoms with Gasteiger partial charge < -0.3 is 14.9 Å². The third-order valence-electron chi connectivity index (χ3n) is 2.69. The van der Waals surface area contributed by atoms with E-state index in [2.05, 4.69) is 20.4 Å². The van der Waals surface area contributed by atoms with Crippen molar-refractivity contribution in [2.45, 2.75) is 32.8 Å². The smallest absolute Gasteiger partial charge is 0.261 e. The molecule has 2 heterocycles. The van der Waals surface area contributed by atoms with Crippen LogP contribution in [-0.4, -0.2) is 32.9 Å². The molecule has 0 saturated carbocycles. The predicted molar refractivity (Wildman–Crippen MR) is 71.7 cm³/mol. The standard InChI is InChI=1S/C13H18N4O2/c1-3-5-10(18)8-15-12-11(6-4-7-14-12)13-16-9(2)17-19-13/h4,6-7,10,18H,3,5,8H2,1-2H3,(H,14,15). The lowest BCUT2D eigenvalue weighted by Crippen LogP contribution is -2.19. The number of nitrogens with zero attached hydrogens (tertiary/aromatic N) is 3. The summed E-state index contributed by atoms with van der Waals surface area (Å²) in [6.07, 6.45) is 3.00. The molecule has 2 N–H and O–H groups in total. The van der Waals surface area contributed by atoms with Crippen molar-refractivity contribution in [2.75, 3.05) is 11.9 Å². The van der Waals surface area contributed by atoms with E-state index < -0.39 is 0 Å². The molecule has 102 valence electrons. The van der Waals surface area contributed by atoms with Crippen molar-refractivity contribution in [3.05, 3.63) is 24.2 Å². The summed E-state index contributed by atoms with van der Waals surface area (Å²) >= 11 is 0. The van der Waals surface area contributed by atoms with Crippen molar-refractivity contribution < 1.29 is 9.63 Å². The van der Waals surface area contributed by atoms with Gasteiger partial charge in [0.15, 0.2) is 5.82 Å². The number of nitrogens with one attached hydrogen (secondary N) is 1. The first-order chi connectivity index (χ1) is 9.20. The molecule has 0 aliphatic heterocycles. The third kappa shape index (κ3) is 3.51. The molecule has 0 fully saturated rings. The molecule has 6 heteroatoms. The van der Waals surface area contributed by atoms with E-state index >= 15 is 0 Å². The van der Waals surface area contributed by atoms with Crippen molar-refractivity contribution in [3.8, 4) is 11.5 Å². The van der Waals surface area contributed by atoms with E-state index in [1.54, 1.807) is 13.1 Å². The van der Waals surface area contributed by atoms with Gasteiger partial charge in [0, 0.05) is 12.7 Å². The molecule has 0 aromatic carbocycles. The molecule has 0 amide bonds. The lowest BCUT2D eigenvalue weighted by atomic mass is 10.2. The Morgan fingerprint density at radius 3 is 3.00 bits per heavy atom. The fourth-order valence-electron chi connectivity index (χ4n) is 1.77. The van der Waals surface area contributed by atoms with Crippen LogP contribution in [0.15, 0.2) is 22.9 Å². The number of anilines is 1. The minimum atomic E-state index is -0.385.